The molecule has 0 saturated carbocycles. The maximum atomic E-state index is 5.76. The van der Waals surface area contributed by atoms with Gasteiger partial charge in [0.25, 0.3) is 0 Å². The van der Waals surface area contributed by atoms with E-state index in [0.717, 1.165) is 0 Å². The van der Waals surface area contributed by atoms with E-state index >= 15 is 0 Å². The summed E-state index contributed by atoms with van der Waals surface area (Å²) in [6.07, 6.45) is -0.263. The van der Waals surface area contributed by atoms with Gasteiger partial charge < -0.3 is 20.9 Å². The summed E-state index contributed by atoms with van der Waals surface area (Å²) >= 11 is 0. The van der Waals surface area contributed by atoms with Gasteiger partial charge in [0.2, 0.25) is 0 Å². The fourth-order valence-electron chi connectivity index (χ4n) is 0.712. The molecule has 0 aliphatic heterocycles. The van der Waals surface area contributed by atoms with Crippen LogP contribution in [0.5, 0.6) is 0 Å². The average molecular weight is 204 g/mol. The van der Waals surface area contributed by atoms with Crippen molar-refractivity contribution in [2.45, 2.75) is 52.0 Å². The molecule has 0 rings (SSSR count). The molecule has 4 nitrogen and oxygen atoms in total. The van der Waals surface area contributed by atoms with Gasteiger partial charge in [0.1, 0.15) is 0 Å². The van der Waals surface area contributed by atoms with Gasteiger partial charge in [-0.25, -0.2) is 0 Å². The van der Waals surface area contributed by atoms with Crippen molar-refractivity contribution in [2.75, 3.05) is 13.2 Å². The molecule has 14 heavy (non-hydrogen) atoms. The molecule has 0 atom stereocenters. The van der Waals surface area contributed by atoms with Crippen LogP contribution >= 0.6 is 0 Å². The summed E-state index contributed by atoms with van der Waals surface area (Å²) in [5.41, 5.74) is 10.9. The van der Waals surface area contributed by atoms with Crippen molar-refractivity contribution in [1.82, 2.24) is 0 Å². The lowest BCUT2D eigenvalue weighted by Crippen LogP contribution is -2.41. The minimum Gasteiger partial charge on any atom is -0.351 e. The molecular weight excluding hydrogens is 180 g/mol. The molecule has 4 heteroatoms. The molecule has 0 heterocycles. The lowest BCUT2D eigenvalue weighted by atomic mass is 10.1. The predicted octanol–water partition coefficient (Wildman–Crippen LogP) is 0.840. The van der Waals surface area contributed by atoms with E-state index < -0.39 is 0 Å². The fraction of sp³-hybridized carbons (Fsp3) is 1.00. The second-order valence-electron chi connectivity index (χ2n) is 5.17. The second kappa shape index (κ2) is 5.07. The third kappa shape index (κ3) is 9.92. The van der Waals surface area contributed by atoms with E-state index in [-0.39, 0.29) is 17.4 Å². The molecule has 86 valence electrons. The maximum Gasteiger partial charge on any atom is 0.154 e. The lowest BCUT2D eigenvalue weighted by molar-refractivity contribution is -0.146. The quantitative estimate of drug-likeness (QED) is 0.629. The van der Waals surface area contributed by atoms with E-state index in [9.17, 15) is 0 Å². The van der Waals surface area contributed by atoms with Crippen LogP contribution in [0.2, 0.25) is 0 Å². The monoisotopic (exact) mass is 204 g/mol. The van der Waals surface area contributed by atoms with Crippen LogP contribution in [-0.4, -0.2) is 30.6 Å². The van der Waals surface area contributed by atoms with E-state index in [0.29, 0.717) is 13.2 Å². The van der Waals surface area contributed by atoms with E-state index in [1.54, 1.807) is 0 Å². The zero-order valence-corrected chi connectivity index (χ0v) is 9.96. The number of ether oxygens (including phenoxy) is 2. The van der Waals surface area contributed by atoms with Gasteiger partial charge in [0.15, 0.2) is 6.29 Å². The molecular formula is C10H24N2O2. The molecule has 0 aliphatic carbocycles. The Labute approximate surface area is 86.9 Å². The second-order valence-corrected chi connectivity index (χ2v) is 5.17. The van der Waals surface area contributed by atoms with E-state index in [1.165, 1.54) is 0 Å². The largest absolute Gasteiger partial charge is 0.351 e. The van der Waals surface area contributed by atoms with E-state index in [4.69, 9.17) is 20.9 Å². The van der Waals surface area contributed by atoms with Crippen LogP contribution in [0.1, 0.15) is 34.6 Å². The van der Waals surface area contributed by atoms with Crippen LogP contribution in [-0.2, 0) is 9.47 Å². The van der Waals surface area contributed by atoms with Crippen molar-refractivity contribution in [1.29, 1.82) is 0 Å². The maximum absolute atomic E-state index is 5.76. The molecule has 0 aromatic carbocycles. The van der Waals surface area contributed by atoms with Gasteiger partial charge in [-0.1, -0.05) is 0 Å². The number of hydrogen-bond acceptors (Lipinski definition) is 4. The normalized spacial score (nSPS) is 13.7. The molecule has 0 saturated heterocycles. The summed E-state index contributed by atoms with van der Waals surface area (Å²) in [6, 6.07) is 0. The van der Waals surface area contributed by atoms with Gasteiger partial charge in [-0.3, -0.25) is 0 Å². The molecule has 0 aromatic rings. The number of nitrogens with two attached hydrogens (primary N) is 2. The zero-order valence-electron chi connectivity index (χ0n) is 9.96. The topological polar surface area (TPSA) is 70.5 Å². The highest BCUT2D eigenvalue weighted by atomic mass is 16.7. The van der Waals surface area contributed by atoms with Crippen molar-refractivity contribution in [3.63, 3.8) is 0 Å². The fourth-order valence-corrected chi connectivity index (χ4v) is 0.712. The van der Waals surface area contributed by atoms with Crippen molar-refractivity contribution < 1.29 is 9.47 Å². The molecule has 4 N–H and O–H groups in total. The molecule has 0 bridgehead atoms. The smallest absolute Gasteiger partial charge is 0.154 e. The van der Waals surface area contributed by atoms with Gasteiger partial charge in [-0.15, -0.1) is 0 Å². The minimum absolute atomic E-state index is 0.263. The van der Waals surface area contributed by atoms with E-state index in [1.807, 2.05) is 34.6 Å². The van der Waals surface area contributed by atoms with E-state index in [2.05, 4.69) is 0 Å². The van der Waals surface area contributed by atoms with Crippen molar-refractivity contribution in [3.8, 4) is 0 Å². The van der Waals surface area contributed by atoms with Crippen molar-refractivity contribution in [3.05, 3.63) is 0 Å². The number of rotatable bonds is 6. The predicted molar refractivity (Wildman–Crippen MR) is 57.9 cm³/mol. The first-order chi connectivity index (χ1) is 6.10. The first-order valence-electron chi connectivity index (χ1n) is 4.91. The Kier molecular flexibility index (Phi) is 5.01. The molecule has 0 spiro atoms. The summed E-state index contributed by atoms with van der Waals surface area (Å²) in [5.74, 6) is 0. The number of hydrogen-bond donors (Lipinski definition) is 2. The van der Waals surface area contributed by atoms with Gasteiger partial charge in [-0.2, -0.15) is 0 Å². The van der Waals surface area contributed by atoms with Crippen molar-refractivity contribution >= 4 is 0 Å². The summed E-state index contributed by atoms with van der Waals surface area (Å²) in [4.78, 5) is 0. The Morgan fingerprint density at radius 2 is 1.21 bits per heavy atom. The van der Waals surface area contributed by atoms with Gasteiger partial charge in [-0.05, 0) is 34.6 Å². The van der Waals surface area contributed by atoms with Crippen LogP contribution in [0.15, 0.2) is 0 Å². The highest BCUT2D eigenvalue weighted by Gasteiger charge is 2.16. The van der Waals surface area contributed by atoms with Gasteiger partial charge >= 0.3 is 0 Å². The van der Waals surface area contributed by atoms with Crippen LogP contribution in [0.3, 0.4) is 0 Å². The first kappa shape index (κ1) is 13.8. The standard InChI is InChI=1S/C10H24N2O2/c1-8(13-6-9(2,3)11)14-7-10(4,5)12/h8H,6-7,11-12H2,1-5H3. The van der Waals surface area contributed by atoms with Crippen LogP contribution in [0.4, 0.5) is 0 Å². The van der Waals surface area contributed by atoms with Crippen molar-refractivity contribution in [2.24, 2.45) is 11.5 Å². The summed E-state index contributed by atoms with van der Waals surface area (Å²) < 4.78 is 10.8. The molecule has 0 aromatic heterocycles. The van der Waals surface area contributed by atoms with Crippen LogP contribution < -0.4 is 11.5 Å². The Morgan fingerprint density at radius 3 is 1.43 bits per heavy atom. The Bertz CT molecular complexity index is 140. The summed E-state index contributed by atoms with van der Waals surface area (Å²) in [6.45, 7) is 10.4. The average Bonchev–Trinajstić information content (AvgIpc) is 1.94. The Morgan fingerprint density at radius 1 is 0.929 bits per heavy atom. The third-order valence-electron chi connectivity index (χ3n) is 1.38. The first-order valence-corrected chi connectivity index (χ1v) is 4.91. The summed E-state index contributed by atoms with van der Waals surface area (Å²) in [5, 5.41) is 0. The molecule has 0 amide bonds. The highest BCUT2D eigenvalue weighted by Crippen LogP contribution is 2.04. The van der Waals surface area contributed by atoms with Gasteiger partial charge in [0, 0.05) is 11.1 Å². The molecule has 0 radical (unpaired) electrons. The van der Waals surface area contributed by atoms with Gasteiger partial charge in [0.05, 0.1) is 13.2 Å². The summed E-state index contributed by atoms with van der Waals surface area (Å²) in [7, 11) is 0. The SMILES string of the molecule is CC(OCC(C)(C)N)OCC(C)(C)N. The molecule has 0 aliphatic rings. The van der Waals surface area contributed by atoms with Crippen LogP contribution in [0, 0.1) is 0 Å². The zero-order chi connectivity index (χ0) is 11.4. The molecule has 0 unspecified atom stereocenters. The molecule has 0 fully saturated rings. The highest BCUT2D eigenvalue weighted by molar-refractivity contribution is 4.71. The third-order valence-corrected chi connectivity index (χ3v) is 1.38. The van der Waals surface area contributed by atoms with Crippen LogP contribution in [0.25, 0.3) is 0 Å². The lowest BCUT2D eigenvalue weighted by Gasteiger charge is -2.25. The Hall–Kier alpha value is -0.160. The Balaban J connectivity index is 3.62. The minimum atomic E-state index is -0.324.